The molecule has 6 heteroatoms. The molecule has 1 saturated carbocycles. The van der Waals surface area contributed by atoms with Crippen molar-refractivity contribution >= 4 is 11.9 Å². The van der Waals surface area contributed by atoms with Crippen molar-refractivity contribution in [3.63, 3.8) is 0 Å². The molecule has 0 radical (unpaired) electrons. The molecule has 0 heterocycles. The standard InChI is InChI=1S/C20H40N4O2/c1-6-21-19(24-15-14-22-18(25)20(3,4)5)23-13-12-17(26-7-2)16-10-8-9-11-16/h16-17H,6-15H2,1-5H3,(H,22,25)(H2,21,23,24). The molecule has 3 N–H and O–H groups in total. The Morgan fingerprint density at radius 3 is 2.35 bits per heavy atom. The van der Waals surface area contributed by atoms with E-state index in [4.69, 9.17) is 4.74 Å². The number of carbonyl (C=O) groups excluding carboxylic acids is 1. The summed E-state index contributed by atoms with van der Waals surface area (Å²) in [6, 6.07) is 0. The zero-order valence-corrected chi connectivity index (χ0v) is 17.5. The molecule has 1 unspecified atom stereocenters. The molecule has 1 rings (SSSR count). The lowest BCUT2D eigenvalue weighted by atomic mass is 9.96. The highest BCUT2D eigenvalue weighted by Gasteiger charge is 2.25. The van der Waals surface area contributed by atoms with Gasteiger partial charge in [0, 0.05) is 38.2 Å². The van der Waals surface area contributed by atoms with Gasteiger partial charge in [0.25, 0.3) is 0 Å². The molecule has 1 amide bonds. The van der Waals surface area contributed by atoms with Crippen molar-refractivity contribution in [2.45, 2.75) is 72.8 Å². The van der Waals surface area contributed by atoms with Gasteiger partial charge >= 0.3 is 0 Å². The number of hydrogen-bond donors (Lipinski definition) is 3. The van der Waals surface area contributed by atoms with Crippen molar-refractivity contribution in [1.82, 2.24) is 16.0 Å². The molecule has 1 aliphatic rings. The second-order valence-corrected chi connectivity index (χ2v) is 8.02. The van der Waals surface area contributed by atoms with Crippen LogP contribution in [0.1, 0.15) is 66.7 Å². The van der Waals surface area contributed by atoms with E-state index in [0.717, 1.165) is 32.1 Å². The van der Waals surface area contributed by atoms with Gasteiger partial charge in [-0.2, -0.15) is 0 Å². The first-order chi connectivity index (χ1) is 12.4. The fourth-order valence-corrected chi connectivity index (χ4v) is 3.27. The first-order valence-corrected chi connectivity index (χ1v) is 10.3. The van der Waals surface area contributed by atoms with E-state index in [0.29, 0.717) is 25.1 Å². The monoisotopic (exact) mass is 368 g/mol. The van der Waals surface area contributed by atoms with Crippen molar-refractivity contribution in [1.29, 1.82) is 0 Å². The van der Waals surface area contributed by atoms with Crippen LogP contribution in [0.4, 0.5) is 0 Å². The van der Waals surface area contributed by atoms with E-state index in [9.17, 15) is 4.79 Å². The second kappa shape index (κ2) is 12.2. The summed E-state index contributed by atoms with van der Waals surface area (Å²) in [5, 5.41) is 9.49. The number of amides is 1. The van der Waals surface area contributed by atoms with Gasteiger partial charge in [-0.1, -0.05) is 33.6 Å². The maximum atomic E-state index is 11.9. The van der Waals surface area contributed by atoms with Gasteiger partial charge in [-0.05, 0) is 39.0 Å². The number of hydrogen-bond acceptors (Lipinski definition) is 3. The molecule has 1 fully saturated rings. The Hall–Kier alpha value is -1.30. The lowest BCUT2D eigenvalue weighted by Gasteiger charge is -2.23. The molecular weight excluding hydrogens is 328 g/mol. The second-order valence-electron chi connectivity index (χ2n) is 8.02. The van der Waals surface area contributed by atoms with Crippen LogP contribution in [0.2, 0.25) is 0 Å². The van der Waals surface area contributed by atoms with Crippen molar-refractivity contribution in [3.05, 3.63) is 0 Å². The smallest absolute Gasteiger partial charge is 0.225 e. The van der Waals surface area contributed by atoms with E-state index >= 15 is 0 Å². The predicted octanol–water partition coefficient (Wildman–Crippen LogP) is 2.69. The first kappa shape index (κ1) is 22.7. The van der Waals surface area contributed by atoms with Crippen molar-refractivity contribution in [2.75, 3.05) is 32.8 Å². The quantitative estimate of drug-likeness (QED) is 0.315. The summed E-state index contributed by atoms with van der Waals surface area (Å²) < 4.78 is 5.97. The van der Waals surface area contributed by atoms with Gasteiger partial charge in [-0.15, -0.1) is 0 Å². The fourth-order valence-electron chi connectivity index (χ4n) is 3.27. The summed E-state index contributed by atoms with van der Waals surface area (Å²) in [5.74, 6) is 1.57. The van der Waals surface area contributed by atoms with Crippen LogP contribution in [0.3, 0.4) is 0 Å². The molecular formula is C20H40N4O2. The summed E-state index contributed by atoms with van der Waals surface area (Å²) in [7, 11) is 0. The average molecular weight is 369 g/mol. The van der Waals surface area contributed by atoms with Crippen molar-refractivity contribution < 1.29 is 9.53 Å². The molecule has 1 aliphatic carbocycles. The summed E-state index contributed by atoms with van der Waals surface area (Å²) in [6.07, 6.45) is 6.56. The molecule has 0 spiro atoms. The normalized spacial score (nSPS) is 17.2. The highest BCUT2D eigenvalue weighted by atomic mass is 16.5. The van der Waals surface area contributed by atoms with Crippen LogP contribution < -0.4 is 16.0 Å². The SMILES string of the molecule is CCNC(=NCCC(OCC)C1CCCC1)NCCNC(=O)C(C)(C)C. The highest BCUT2D eigenvalue weighted by Crippen LogP contribution is 2.30. The number of guanidine groups is 1. The molecule has 0 aliphatic heterocycles. The maximum Gasteiger partial charge on any atom is 0.225 e. The van der Waals surface area contributed by atoms with Gasteiger partial charge in [0.1, 0.15) is 0 Å². The van der Waals surface area contributed by atoms with Crippen LogP contribution in [0.25, 0.3) is 0 Å². The Morgan fingerprint density at radius 2 is 1.77 bits per heavy atom. The van der Waals surface area contributed by atoms with E-state index in [1.807, 2.05) is 20.8 Å². The van der Waals surface area contributed by atoms with Crippen LogP contribution in [-0.4, -0.2) is 50.8 Å². The Balaban J connectivity index is 2.38. The summed E-state index contributed by atoms with van der Waals surface area (Å²) >= 11 is 0. The minimum atomic E-state index is -0.354. The van der Waals surface area contributed by atoms with Gasteiger partial charge < -0.3 is 20.7 Å². The van der Waals surface area contributed by atoms with Crippen LogP contribution in [-0.2, 0) is 9.53 Å². The van der Waals surface area contributed by atoms with Crippen molar-refractivity contribution in [2.24, 2.45) is 16.3 Å². The summed E-state index contributed by atoms with van der Waals surface area (Å²) in [5.41, 5.74) is -0.354. The summed E-state index contributed by atoms with van der Waals surface area (Å²) in [6.45, 7) is 13.5. The topological polar surface area (TPSA) is 74.8 Å². The minimum absolute atomic E-state index is 0.0670. The van der Waals surface area contributed by atoms with Gasteiger partial charge in [0.15, 0.2) is 5.96 Å². The summed E-state index contributed by atoms with van der Waals surface area (Å²) in [4.78, 5) is 16.5. The molecule has 26 heavy (non-hydrogen) atoms. The van der Waals surface area contributed by atoms with Crippen LogP contribution in [0.15, 0.2) is 4.99 Å². The molecule has 0 bridgehead atoms. The number of nitrogens with zero attached hydrogens (tertiary/aromatic N) is 1. The third-order valence-electron chi connectivity index (χ3n) is 4.72. The Labute approximate surface area is 159 Å². The number of nitrogens with one attached hydrogen (secondary N) is 3. The average Bonchev–Trinajstić information content (AvgIpc) is 3.11. The zero-order valence-electron chi connectivity index (χ0n) is 17.5. The molecule has 6 nitrogen and oxygen atoms in total. The van der Waals surface area contributed by atoms with E-state index in [1.165, 1.54) is 25.7 Å². The molecule has 1 atom stereocenters. The van der Waals surface area contributed by atoms with E-state index in [2.05, 4.69) is 34.8 Å². The lowest BCUT2D eigenvalue weighted by Crippen LogP contribution is -2.43. The third kappa shape index (κ3) is 8.88. The zero-order chi connectivity index (χ0) is 19.4. The van der Waals surface area contributed by atoms with Gasteiger partial charge in [0.2, 0.25) is 5.91 Å². The molecule has 0 aromatic rings. The predicted molar refractivity (Wildman–Crippen MR) is 108 cm³/mol. The Kier molecular flexibility index (Phi) is 10.6. The van der Waals surface area contributed by atoms with Gasteiger partial charge in [-0.25, -0.2) is 0 Å². The van der Waals surface area contributed by atoms with E-state index in [1.54, 1.807) is 0 Å². The largest absolute Gasteiger partial charge is 0.378 e. The van der Waals surface area contributed by atoms with Crippen molar-refractivity contribution in [3.8, 4) is 0 Å². The Morgan fingerprint density at radius 1 is 1.12 bits per heavy atom. The number of rotatable bonds is 10. The Bertz CT molecular complexity index is 426. The first-order valence-electron chi connectivity index (χ1n) is 10.3. The molecule has 0 aromatic carbocycles. The number of carbonyl (C=O) groups is 1. The maximum absolute atomic E-state index is 11.9. The third-order valence-corrected chi connectivity index (χ3v) is 4.72. The number of aliphatic imine (C=N–C) groups is 1. The number of ether oxygens (including phenoxy) is 1. The lowest BCUT2D eigenvalue weighted by molar-refractivity contribution is -0.128. The van der Waals surface area contributed by atoms with Crippen LogP contribution >= 0.6 is 0 Å². The van der Waals surface area contributed by atoms with Crippen LogP contribution in [0, 0.1) is 11.3 Å². The van der Waals surface area contributed by atoms with E-state index < -0.39 is 0 Å². The minimum Gasteiger partial charge on any atom is -0.378 e. The van der Waals surface area contributed by atoms with Crippen LogP contribution in [0.5, 0.6) is 0 Å². The highest BCUT2D eigenvalue weighted by molar-refractivity contribution is 5.81. The molecule has 0 saturated heterocycles. The molecule has 0 aromatic heterocycles. The van der Waals surface area contributed by atoms with Gasteiger partial charge in [-0.3, -0.25) is 9.79 Å². The molecule has 152 valence electrons. The fraction of sp³-hybridized carbons (Fsp3) is 0.900. The van der Waals surface area contributed by atoms with E-state index in [-0.39, 0.29) is 11.3 Å². The van der Waals surface area contributed by atoms with Gasteiger partial charge in [0.05, 0.1) is 6.10 Å².